The fourth-order valence-corrected chi connectivity index (χ4v) is 7.79. The third-order valence-corrected chi connectivity index (χ3v) is 9.92. The number of hydrogen-bond donors (Lipinski definition) is 1. The number of carbonyl (C=O) groups is 3. The molecule has 2 aromatic carbocycles. The standard InChI is InChI=1S/C34H38N6O5/c1-22(2)26(20-41)40-29-32(44)38(21-39-25-14-8-7-13-24(25)35-36-39)18-10-16-34(29)28(31(40)43)27-30(42)37(17-9-15-33(27,3)45-34)19-23-11-5-4-6-12-23/h4-16,22,26-29,41H,17-21H2,1-3H3/t26-,27-,28-,29?,33+,34-/m0/s1. The predicted octanol–water partition coefficient (Wildman–Crippen LogP) is 2.37. The lowest BCUT2D eigenvalue weighted by Crippen LogP contribution is -2.59. The lowest BCUT2D eigenvalue weighted by atomic mass is 9.74. The minimum atomic E-state index is -1.41. The molecule has 3 amide bonds. The second-order valence-electron chi connectivity index (χ2n) is 13.0. The summed E-state index contributed by atoms with van der Waals surface area (Å²) in [6.45, 7) is 6.46. The summed E-state index contributed by atoms with van der Waals surface area (Å²) in [4.78, 5) is 48.9. The summed E-state index contributed by atoms with van der Waals surface area (Å²) in [6.07, 6.45) is 7.49. The van der Waals surface area contributed by atoms with Crippen molar-refractivity contribution in [3.05, 3.63) is 84.5 Å². The fourth-order valence-electron chi connectivity index (χ4n) is 7.79. The highest BCUT2D eigenvalue weighted by Crippen LogP contribution is 2.58. The Morgan fingerprint density at radius 1 is 0.911 bits per heavy atom. The molecule has 4 aliphatic heterocycles. The first-order valence-electron chi connectivity index (χ1n) is 15.6. The summed E-state index contributed by atoms with van der Waals surface area (Å²) >= 11 is 0. The number of ether oxygens (including phenoxy) is 1. The zero-order valence-electron chi connectivity index (χ0n) is 25.7. The van der Waals surface area contributed by atoms with Crippen molar-refractivity contribution in [3.63, 3.8) is 0 Å². The number of rotatable bonds is 7. The van der Waals surface area contributed by atoms with Crippen molar-refractivity contribution in [3.8, 4) is 0 Å². The van der Waals surface area contributed by atoms with E-state index in [1.807, 2.05) is 99.7 Å². The van der Waals surface area contributed by atoms with Gasteiger partial charge in [-0.1, -0.05) is 85.8 Å². The summed E-state index contributed by atoms with van der Waals surface area (Å²) in [5, 5.41) is 19.1. The molecule has 3 aromatic rings. The number of aliphatic hydroxyl groups excluding tert-OH is 1. The third kappa shape index (κ3) is 4.51. The van der Waals surface area contributed by atoms with Gasteiger partial charge in [0.25, 0.3) is 5.91 Å². The first-order valence-corrected chi connectivity index (χ1v) is 15.6. The second kappa shape index (κ2) is 10.9. The molecule has 6 atom stereocenters. The largest absolute Gasteiger partial charge is 0.394 e. The minimum Gasteiger partial charge on any atom is -0.394 e. The minimum absolute atomic E-state index is 0.110. The van der Waals surface area contributed by atoms with Crippen LogP contribution in [0.1, 0.15) is 26.3 Å². The van der Waals surface area contributed by atoms with E-state index in [4.69, 9.17) is 4.74 Å². The average Bonchev–Trinajstić information content (AvgIpc) is 3.56. The molecule has 5 heterocycles. The summed E-state index contributed by atoms with van der Waals surface area (Å²) in [6, 6.07) is 15.5. The predicted molar refractivity (Wildman–Crippen MR) is 165 cm³/mol. The molecule has 2 saturated heterocycles. The van der Waals surface area contributed by atoms with Crippen molar-refractivity contribution in [2.24, 2.45) is 17.8 Å². The Morgan fingerprint density at radius 3 is 2.38 bits per heavy atom. The van der Waals surface area contributed by atoms with Crippen LogP contribution >= 0.6 is 0 Å². The summed E-state index contributed by atoms with van der Waals surface area (Å²) < 4.78 is 8.61. The number of carbonyl (C=O) groups excluding carboxylic acids is 3. The zero-order chi connectivity index (χ0) is 31.5. The number of aromatic nitrogens is 3. The molecular formula is C34H38N6O5. The number of aliphatic hydroxyl groups is 1. The van der Waals surface area contributed by atoms with E-state index in [2.05, 4.69) is 10.3 Å². The Hall–Kier alpha value is -4.35. The van der Waals surface area contributed by atoms with Crippen LogP contribution in [0.15, 0.2) is 78.9 Å². The summed E-state index contributed by atoms with van der Waals surface area (Å²) in [5.74, 6) is -2.85. The van der Waals surface area contributed by atoms with E-state index in [1.54, 1.807) is 14.5 Å². The van der Waals surface area contributed by atoms with Crippen LogP contribution in [0.25, 0.3) is 11.0 Å². The number of hydrogen-bond acceptors (Lipinski definition) is 7. The van der Waals surface area contributed by atoms with Crippen molar-refractivity contribution in [2.75, 3.05) is 19.7 Å². The molecule has 4 aliphatic rings. The molecule has 1 aromatic heterocycles. The normalized spacial score (nSPS) is 30.1. The van der Waals surface area contributed by atoms with Crippen LogP contribution in [0, 0.1) is 17.8 Å². The van der Waals surface area contributed by atoms with Gasteiger partial charge in [0.05, 0.1) is 35.6 Å². The molecule has 7 rings (SSSR count). The molecule has 0 bridgehead atoms. The zero-order valence-corrected chi connectivity index (χ0v) is 25.7. The van der Waals surface area contributed by atoms with Gasteiger partial charge < -0.3 is 24.5 Å². The molecule has 0 radical (unpaired) electrons. The highest BCUT2D eigenvalue weighted by atomic mass is 16.5. The van der Waals surface area contributed by atoms with Crippen LogP contribution in [0.5, 0.6) is 0 Å². The van der Waals surface area contributed by atoms with Gasteiger partial charge in [-0.2, -0.15) is 0 Å². The Labute approximate surface area is 261 Å². The fraction of sp³-hybridized carbons (Fsp3) is 0.441. The van der Waals surface area contributed by atoms with Crippen LogP contribution in [0.2, 0.25) is 0 Å². The Morgan fingerprint density at radius 2 is 1.62 bits per heavy atom. The monoisotopic (exact) mass is 610 g/mol. The van der Waals surface area contributed by atoms with Crippen molar-refractivity contribution in [2.45, 2.75) is 57.3 Å². The highest BCUT2D eigenvalue weighted by Gasteiger charge is 2.75. The van der Waals surface area contributed by atoms with Crippen LogP contribution in [-0.2, 0) is 32.3 Å². The molecule has 0 aliphatic carbocycles. The molecule has 0 saturated carbocycles. The molecule has 11 heteroatoms. The van der Waals surface area contributed by atoms with E-state index in [1.165, 1.54) is 4.90 Å². The SMILES string of the molecule is CC(C)[C@H](CO)N1C(=O)[C@@H]2[C@H]3C(=O)N(Cc4ccccc4)CC=C[C@@]3(C)O[C@@]23C=CCN(Cn2nnc4ccccc42)C(=O)C13. The molecule has 2 fully saturated rings. The van der Waals surface area contributed by atoms with Gasteiger partial charge in [0.15, 0.2) is 0 Å². The maximum absolute atomic E-state index is 14.7. The van der Waals surface area contributed by atoms with Gasteiger partial charge in [0.1, 0.15) is 23.8 Å². The summed E-state index contributed by atoms with van der Waals surface area (Å²) in [5.41, 5.74) is -0.0640. The molecule has 1 spiro atoms. The molecular weight excluding hydrogens is 572 g/mol. The van der Waals surface area contributed by atoms with E-state index in [9.17, 15) is 19.5 Å². The van der Waals surface area contributed by atoms with Crippen molar-refractivity contribution < 1.29 is 24.2 Å². The quantitative estimate of drug-likeness (QED) is 0.408. The number of fused-ring (bicyclic) bond motifs is 3. The summed E-state index contributed by atoms with van der Waals surface area (Å²) in [7, 11) is 0. The molecule has 45 heavy (non-hydrogen) atoms. The van der Waals surface area contributed by atoms with Gasteiger partial charge in [-0.15, -0.1) is 5.10 Å². The number of nitrogens with zero attached hydrogens (tertiary/aromatic N) is 6. The van der Waals surface area contributed by atoms with Crippen LogP contribution in [0.4, 0.5) is 0 Å². The third-order valence-electron chi connectivity index (χ3n) is 9.92. The lowest BCUT2D eigenvalue weighted by molar-refractivity contribution is -0.157. The smallest absolute Gasteiger partial charge is 0.250 e. The Kier molecular flexibility index (Phi) is 7.13. The van der Waals surface area contributed by atoms with Gasteiger partial charge in [0.2, 0.25) is 11.8 Å². The van der Waals surface area contributed by atoms with Gasteiger partial charge in [-0.25, -0.2) is 4.68 Å². The molecule has 1 unspecified atom stereocenters. The maximum Gasteiger partial charge on any atom is 0.250 e. The Bertz CT molecular complexity index is 1700. The van der Waals surface area contributed by atoms with Crippen LogP contribution in [-0.4, -0.2) is 95.5 Å². The van der Waals surface area contributed by atoms with Gasteiger partial charge in [-0.05, 0) is 30.5 Å². The van der Waals surface area contributed by atoms with Crippen molar-refractivity contribution in [1.29, 1.82) is 0 Å². The van der Waals surface area contributed by atoms with E-state index >= 15 is 0 Å². The number of para-hydroxylation sites is 1. The van der Waals surface area contributed by atoms with E-state index < -0.39 is 35.1 Å². The number of benzene rings is 2. The van der Waals surface area contributed by atoms with Gasteiger partial charge >= 0.3 is 0 Å². The maximum atomic E-state index is 14.7. The molecule has 1 N–H and O–H groups in total. The van der Waals surface area contributed by atoms with E-state index in [-0.39, 0.29) is 43.5 Å². The first-order chi connectivity index (χ1) is 21.7. The topological polar surface area (TPSA) is 121 Å². The van der Waals surface area contributed by atoms with E-state index in [0.717, 1.165) is 11.1 Å². The molecule has 11 nitrogen and oxygen atoms in total. The molecule has 234 valence electrons. The van der Waals surface area contributed by atoms with Crippen molar-refractivity contribution >= 4 is 28.8 Å². The average molecular weight is 611 g/mol. The number of likely N-dealkylation sites (tertiary alicyclic amines) is 1. The van der Waals surface area contributed by atoms with Gasteiger partial charge in [0, 0.05) is 19.6 Å². The second-order valence-corrected chi connectivity index (χ2v) is 13.0. The van der Waals surface area contributed by atoms with Gasteiger partial charge in [-0.3, -0.25) is 14.4 Å². The van der Waals surface area contributed by atoms with Crippen LogP contribution in [0.3, 0.4) is 0 Å². The van der Waals surface area contributed by atoms with E-state index in [0.29, 0.717) is 18.6 Å². The van der Waals surface area contributed by atoms with Crippen molar-refractivity contribution in [1.82, 2.24) is 29.7 Å². The first kappa shape index (κ1) is 29.4. The lowest BCUT2D eigenvalue weighted by Gasteiger charge is -2.41. The van der Waals surface area contributed by atoms with Crippen LogP contribution < -0.4 is 0 Å². The highest BCUT2D eigenvalue weighted by molar-refractivity contribution is 6.00. The Balaban J connectivity index is 1.31. The number of amides is 3.